The maximum absolute atomic E-state index is 13.1. The second-order valence-corrected chi connectivity index (χ2v) is 5.96. The average Bonchev–Trinajstić information content (AvgIpc) is 3.02. The zero-order valence-electron chi connectivity index (χ0n) is 13.3. The first-order valence-corrected chi connectivity index (χ1v) is 7.90. The maximum atomic E-state index is 13.1. The summed E-state index contributed by atoms with van der Waals surface area (Å²) in [4.78, 5) is 26.1. The van der Waals surface area contributed by atoms with Gasteiger partial charge in [0, 0.05) is 30.8 Å². The molecule has 1 aliphatic rings. The molecule has 2 aromatic rings. The molecule has 24 heavy (non-hydrogen) atoms. The summed E-state index contributed by atoms with van der Waals surface area (Å²) in [6.07, 6.45) is 0.676. The molecule has 1 aliphatic heterocycles. The first-order chi connectivity index (χ1) is 11.5. The van der Waals surface area contributed by atoms with Crippen molar-refractivity contribution in [3.8, 4) is 0 Å². The van der Waals surface area contributed by atoms with Crippen molar-refractivity contribution in [3.63, 3.8) is 0 Å². The van der Waals surface area contributed by atoms with Crippen LogP contribution in [0.3, 0.4) is 0 Å². The van der Waals surface area contributed by atoms with E-state index in [0.29, 0.717) is 24.4 Å². The minimum atomic E-state index is -0.282. The quantitative estimate of drug-likeness (QED) is 0.904. The lowest BCUT2D eigenvalue weighted by Crippen LogP contribution is -2.31. The van der Waals surface area contributed by atoms with Crippen LogP contribution in [-0.2, 0) is 4.74 Å². The average molecular weight is 330 g/mol. The van der Waals surface area contributed by atoms with Gasteiger partial charge in [-0.25, -0.2) is 4.39 Å². The number of hydrogen-bond acceptors (Lipinski definition) is 3. The van der Waals surface area contributed by atoms with E-state index < -0.39 is 0 Å². The number of halogens is 1. The lowest BCUT2D eigenvalue weighted by molar-refractivity contribution is 0.0845. The molecule has 0 aliphatic carbocycles. The van der Waals surface area contributed by atoms with E-state index in [2.05, 4.69) is 10.3 Å². The summed E-state index contributed by atoms with van der Waals surface area (Å²) in [7, 11) is 0. The van der Waals surface area contributed by atoms with Crippen LogP contribution >= 0.6 is 0 Å². The number of benzene rings is 1. The first kappa shape index (κ1) is 16.4. The van der Waals surface area contributed by atoms with E-state index in [9.17, 15) is 14.0 Å². The van der Waals surface area contributed by atoms with E-state index >= 15 is 0 Å². The van der Waals surface area contributed by atoms with Crippen LogP contribution in [0.4, 0.5) is 4.39 Å². The third-order valence-electron chi connectivity index (χ3n) is 4.30. The second kappa shape index (κ2) is 6.97. The smallest absolute Gasteiger partial charge is 0.253 e. The molecule has 0 radical (unpaired) electrons. The van der Waals surface area contributed by atoms with Crippen molar-refractivity contribution in [1.29, 1.82) is 0 Å². The lowest BCUT2D eigenvalue weighted by Gasteiger charge is -2.19. The minimum absolute atomic E-state index is 0.127. The minimum Gasteiger partial charge on any atom is -0.373 e. The SMILES string of the molecule is Cc1[nH]c(=O)ccc1C(=O)NC[C@@H]1CCO[C@H]1c1ccc(F)cc1. The van der Waals surface area contributed by atoms with E-state index in [1.54, 1.807) is 19.1 Å². The van der Waals surface area contributed by atoms with Gasteiger partial charge in [-0.2, -0.15) is 0 Å². The summed E-state index contributed by atoms with van der Waals surface area (Å²) < 4.78 is 18.8. The molecule has 1 aromatic heterocycles. The molecule has 1 fully saturated rings. The van der Waals surface area contributed by atoms with Crippen LogP contribution in [0.25, 0.3) is 0 Å². The van der Waals surface area contributed by atoms with Crippen LogP contribution in [0.1, 0.15) is 34.1 Å². The summed E-state index contributed by atoms with van der Waals surface area (Å²) in [5.74, 6) is -0.383. The fourth-order valence-corrected chi connectivity index (χ4v) is 3.01. The number of carbonyl (C=O) groups is 1. The van der Waals surface area contributed by atoms with E-state index in [-0.39, 0.29) is 29.3 Å². The Morgan fingerprint density at radius 3 is 2.75 bits per heavy atom. The molecule has 126 valence electrons. The molecule has 2 heterocycles. The molecule has 0 spiro atoms. The molecule has 1 amide bonds. The van der Waals surface area contributed by atoms with Gasteiger partial charge in [0.15, 0.2) is 0 Å². The van der Waals surface area contributed by atoms with Crippen LogP contribution in [0.15, 0.2) is 41.2 Å². The Kier molecular flexibility index (Phi) is 4.76. The van der Waals surface area contributed by atoms with Crippen molar-refractivity contribution >= 4 is 5.91 Å². The van der Waals surface area contributed by atoms with Crippen molar-refractivity contribution in [1.82, 2.24) is 10.3 Å². The van der Waals surface area contributed by atoms with Gasteiger partial charge in [-0.3, -0.25) is 9.59 Å². The highest BCUT2D eigenvalue weighted by Gasteiger charge is 2.30. The summed E-state index contributed by atoms with van der Waals surface area (Å²) in [6, 6.07) is 9.11. The van der Waals surface area contributed by atoms with Gasteiger partial charge in [0.1, 0.15) is 5.82 Å². The fraction of sp³-hybridized carbons (Fsp3) is 0.333. The molecular formula is C18H19FN2O3. The summed E-state index contributed by atoms with van der Waals surface area (Å²) >= 11 is 0. The highest BCUT2D eigenvalue weighted by molar-refractivity contribution is 5.95. The van der Waals surface area contributed by atoms with Crippen LogP contribution in [0.5, 0.6) is 0 Å². The number of hydrogen-bond donors (Lipinski definition) is 2. The van der Waals surface area contributed by atoms with Gasteiger partial charge in [-0.15, -0.1) is 0 Å². The third kappa shape index (κ3) is 3.54. The number of H-pyrrole nitrogens is 1. The van der Waals surface area contributed by atoms with Gasteiger partial charge in [0.25, 0.3) is 5.91 Å². The molecular weight excluding hydrogens is 311 g/mol. The number of aryl methyl sites for hydroxylation is 1. The van der Waals surface area contributed by atoms with Gasteiger partial charge in [-0.1, -0.05) is 12.1 Å². The predicted octanol–water partition coefficient (Wildman–Crippen LogP) is 2.33. The molecule has 3 rings (SSSR count). The summed E-state index contributed by atoms with van der Waals surface area (Å²) in [6.45, 7) is 2.76. The Bertz CT molecular complexity index is 786. The Balaban J connectivity index is 1.65. The Morgan fingerprint density at radius 2 is 2.04 bits per heavy atom. The van der Waals surface area contributed by atoms with Crippen LogP contribution in [0.2, 0.25) is 0 Å². The van der Waals surface area contributed by atoms with Crippen LogP contribution < -0.4 is 10.9 Å². The molecule has 0 saturated carbocycles. The number of ether oxygens (including phenoxy) is 1. The van der Waals surface area contributed by atoms with Gasteiger partial charge >= 0.3 is 0 Å². The van der Waals surface area contributed by atoms with Crippen LogP contribution in [-0.4, -0.2) is 24.0 Å². The molecule has 0 bridgehead atoms. The van der Waals surface area contributed by atoms with Crippen molar-refractivity contribution in [2.45, 2.75) is 19.4 Å². The number of pyridine rings is 1. The zero-order valence-corrected chi connectivity index (χ0v) is 13.3. The normalized spacial score (nSPS) is 20.1. The van der Waals surface area contributed by atoms with E-state index in [4.69, 9.17) is 4.74 Å². The first-order valence-electron chi connectivity index (χ1n) is 7.90. The largest absolute Gasteiger partial charge is 0.373 e. The molecule has 1 aromatic carbocycles. The Labute approximate surface area is 138 Å². The molecule has 2 N–H and O–H groups in total. The number of aromatic nitrogens is 1. The van der Waals surface area contributed by atoms with Crippen LogP contribution in [0, 0.1) is 18.7 Å². The molecule has 0 unspecified atom stereocenters. The number of carbonyl (C=O) groups excluding carboxylic acids is 1. The van der Waals surface area contributed by atoms with Crippen molar-refractivity contribution < 1.29 is 13.9 Å². The number of rotatable bonds is 4. The Morgan fingerprint density at radius 1 is 1.29 bits per heavy atom. The predicted molar refractivity (Wildman–Crippen MR) is 87.3 cm³/mol. The topological polar surface area (TPSA) is 71.2 Å². The van der Waals surface area contributed by atoms with Crippen molar-refractivity contribution in [2.75, 3.05) is 13.2 Å². The summed E-state index contributed by atoms with van der Waals surface area (Å²) in [5.41, 5.74) is 1.67. The van der Waals surface area contributed by atoms with Gasteiger partial charge in [0.05, 0.1) is 11.7 Å². The highest BCUT2D eigenvalue weighted by atomic mass is 19.1. The van der Waals surface area contributed by atoms with Gasteiger partial charge in [0.2, 0.25) is 5.56 Å². The monoisotopic (exact) mass is 330 g/mol. The lowest BCUT2D eigenvalue weighted by atomic mass is 9.95. The van der Waals surface area contributed by atoms with Gasteiger partial charge < -0.3 is 15.0 Å². The molecule has 5 nitrogen and oxygen atoms in total. The van der Waals surface area contributed by atoms with E-state index in [1.165, 1.54) is 24.3 Å². The number of aromatic amines is 1. The molecule has 2 atom stereocenters. The summed E-state index contributed by atoms with van der Waals surface area (Å²) in [5, 5.41) is 2.90. The molecule has 6 heteroatoms. The fourth-order valence-electron chi connectivity index (χ4n) is 3.01. The number of nitrogens with one attached hydrogen (secondary N) is 2. The maximum Gasteiger partial charge on any atom is 0.253 e. The van der Waals surface area contributed by atoms with E-state index in [1.807, 2.05) is 0 Å². The third-order valence-corrected chi connectivity index (χ3v) is 4.30. The van der Waals surface area contributed by atoms with Crippen molar-refractivity contribution in [2.24, 2.45) is 5.92 Å². The van der Waals surface area contributed by atoms with Crippen molar-refractivity contribution in [3.05, 3.63) is 69.4 Å². The number of amides is 1. The zero-order chi connectivity index (χ0) is 17.1. The molecule has 1 saturated heterocycles. The second-order valence-electron chi connectivity index (χ2n) is 5.96. The standard InChI is InChI=1S/C18H19FN2O3/c1-11-15(6-7-16(22)21-11)18(23)20-10-13-8-9-24-17(13)12-2-4-14(19)5-3-12/h2-7,13,17H,8-10H2,1H3,(H,20,23)(H,21,22)/t13-,17-/m0/s1. The Hall–Kier alpha value is -2.47. The highest BCUT2D eigenvalue weighted by Crippen LogP contribution is 2.34. The van der Waals surface area contributed by atoms with Gasteiger partial charge in [-0.05, 0) is 37.1 Å². The van der Waals surface area contributed by atoms with E-state index in [0.717, 1.165) is 12.0 Å².